The number of hydrogen-bond acceptors (Lipinski definition) is 2. The average molecular weight is 268 g/mol. The standard InChI is InChI=1S/C14H18ClNO2/c1-9-8-10(15)2-7-13(9)14(18)16-11-3-5-12(17)6-4-11/h2,7-8,11-12,17H,3-6H2,1H3,(H,16,18). The van der Waals surface area contributed by atoms with Gasteiger partial charge in [0.1, 0.15) is 0 Å². The topological polar surface area (TPSA) is 49.3 Å². The Morgan fingerprint density at radius 3 is 2.61 bits per heavy atom. The highest BCUT2D eigenvalue weighted by molar-refractivity contribution is 6.30. The van der Waals surface area contributed by atoms with Crippen molar-refractivity contribution in [1.82, 2.24) is 5.32 Å². The van der Waals surface area contributed by atoms with E-state index in [1.807, 2.05) is 6.92 Å². The summed E-state index contributed by atoms with van der Waals surface area (Å²) in [6, 6.07) is 5.45. The van der Waals surface area contributed by atoms with Gasteiger partial charge in [0.05, 0.1) is 6.10 Å². The molecular weight excluding hydrogens is 250 g/mol. The Bertz CT molecular complexity index is 439. The van der Waals surface area contributed by atoms with Gasteiger partial charge in [0.25, 0.3) is 5.91 Å². The lowest BCUT2D eigenvalue weighted by molar-refractivity contribution is 0.0867. The Balaban J connectivity index is 1.99. The van der Waals surface area contributed by atoms with Gasteiger partial charge in [0, 0.05) is 16.6 Å². The van der Waals surface area contributed by atoms with Crippen LogP contribution in [0.3, 0.4) is 0 Å². The van der Waals surface area contributed by atoms with Gasteiger partial charge in [0.15, 0.2) is 0 Å². The molecule has 0 aliphatic heterocycles. The monoisotopic (exact) mass is 267 g/mol. The SMILES string of the molecule is Cc1cc(Cl)ccc1C(=O)NC1CCC(O)CC1. The maximum atomic E-state index is 12.1. The van der Waals surface area contributed by atoms with Crippen molar-refractivity contribution < 1.29 is 9.90 Å². The summed E-state index contributed by atoms with van der Waals surface area (Å²) in [7, 11) is 0. The average Bonchev–Trinajstić information content (AvgIpc) is 2.32. The maximum absolute atomic E-state index is 12.1. The van der Waals surface area contributed by atoms with Crippen molar-refractivity contribution in [3.05, 3.63) is 34.3 Å². The molecule has 2 rings (SSSR count). The molecule has 0 heterocycles. The second-order valence-electron chi connectivity index (χ2n) is 4.94. The molecule has 0 bridgehead atoms. The van der Waals surface area contributed by atoms with E-state index in [0.717, 1.165) is 31.2 Å². The molecule has 3 nitrogen and oxygen atoms in total. The first-order valence-corrected chi connectivity index (χ1v) is 6.69. The van der Waals surface area contributed by atoms with Crippen LogP contribution >= 0.6 is 11.6 Å². The zero-order valence-corrected chi connectivity index (χ0v) is 11.2. The van der Waals surface area contributed by atoms with E-state index in [4.69, 9.17) is 11.6 Å². The van der Waals surface area contributed by atoms with E-state index in [1.165, 1.54) is 0 Å². The summed E-state index contributed by atoms with van der Waals surface area (Å²) in [6.45, 7) is 1.88. The molecular formula is C14H18ClNO2. The van der Waals surface area contributed by atoms with Gasteiger partial charge in [-0.15, -0.1) is 0 Å². The molecule has 1 aromatic carbocycles. The van der Waals surface area contributed by atoms with Crippen LogP contribution in [0.2, 0.25) is 5.02 Å². The van der Waals surface area contributed by atoms with Gasteiger partial charge in [-0.3, -0.25) is 4.79 Å². The Morgan fingerprint density at radius 1 is 1.33 bits per heavy atom. The van der Waals surface area contributed by atoms with Crippen LogP contribution in [-0.2, 0) is 0 Å². The van der Waals surface area contributed by atoms with E-state index in [0.29, 0.717) is 10.6 Å². The molecule has 18 heavy (non-hydrogen) atoms. The zero-order chi connectivity index (χ0) is 13.1. The van der Waals surface area contributed by atoms with Crippen LogP contribution in [0.1, 0.15) is 41.6 Å². The molecule has 1 aliphatic rings. The largest absolute Gasteiger partial charge is 0.393 e. The van der Waals surface area contributed by atoms with Crippen LogP contribution in [0.15, 0.2) is 18.2 Å². The number of amides is 1. The number of aliphatic hydroxyl groups excluding tert-OH is 1. The van der Waals surface area contributed by atoms with Crippen molar-refractivity contribution in [3.63, 3.8) is 0 Å². The number of carbonyl (C=O) groups is 1. The highest BCUT2D eigenvalue weighted by Crippen LogP contribution is 2.20. The number of aryl methyl sites for hydroxylation is 1. The summed E-state index contributed by atoms with van der Waals surface area (Å²) in [5.74, 6) is -0.0504. The zero-order valence-electron chi connectivity index (χ0n) is 10.4. The Morgan fingerprint density at radius 2 is 2.00 bits per heavy atom. The first-order valence-electron chi connectivity index (χ1n) is 6.31. The van der Waals surface area contributed by atoms with Crippen molar-refractivity contribution in [2.45, 2.75) is 44.8 Å². The second-order valence-corrected chi connectivity index (χ2v) is 5.37. The lowest BCUT2D eigenvalue weighted by Gasteiger charge is -2.26. The second kappa shape index (κ2) is 5.72. The van der Waals surface area contributed by atoms with Gasteiger partial charge < -0.3 is 10.4 Å². The van der Waals surface area contributed by atoms with Gasteiger partial charge in [-0.25, -0.2) is 0 Å². The highest BCUT2D eigenvalue weighted by atomic mass is 35.5. The minimum absolute atomic E-state index is 0.0504. The van der Waals surface area contributed by atoms with E-state index in [1.54, 1.807) is 18.2 Å². The molecule has 4 heteroatoms. The fraction of sp³-hybridized carbons (Fsp3) is 0.500. The van der Waals surface area contributed by atoms with E-state index < -0.39 is 0 Å². The van der Waals surface area contributed by atoms with Crippen molar-refractivity contribution in [3.8, 4) is 0 Å². The third-order valence-electron chi connectivity index (χ3n) is 3.47. The molecule has 1 amide bonds. The van der Waals surface area contributed by atoms with E-state index in [9.17, 15) is 9.90 Å². The summed E-state index contributed by atoms with van der Waals surface area (Å²) < 4.78 is 0. The van der Waals surface area contributed by atoms with Crippen molar-refractivity contribution in [2.24, 2.45) is 0 Å². The lowest BCUT2D eigenvalue weighted by atomic mass is 9.93. The van der Waals surface area contributed by atoms with Crippen LogP contribution in [0.4, 0.5) is 0 Å². The molecule has 0 radical (unpaired) electrons. The number of benzene rings is 1. The fourth-order valence-corrected chi connectivity index (χ4v) is 2.59. The third-order valence-corrected chi connectivity index (χ3v) is 3.70. The van der Waals surface area contributed by atoms with E-state index >= 15 is 0 Å². The Labute approximate surface area is 112 Å². The summed E-state index contributed by atoms with van der Waals surface area (Å²) in [6.07, 6.45) is 3.03. The number of nitrogens with one attached hydrogen (secondary N) is 1. The van der Waals surface area contributed by atoms with Crippen LogP contribution in [-0.4, -0.2) is 23.2 Å². The normalized spacial score (nSPS) is 23.7. The summed E-state index contributed by atoms with van der Waals surface area (Å²) in [5, 5.41) is 13.1. The number of rotatable bonds is 2. The van der Waals surface area contributed by atoms with Gasteiger partial charge in [-0.1, -0.05) is 11.6 Å². The molecule has 0 atom stereocenters. The first-order chi connectivity index (χ1) is 8.56. The van der Waals surface area contributed by atoms with E-state index in [2.05, 4.69) is 5.32 Å². The minimum atomic E-state index is -0.199. The highest BCUT2D eigenvalue weighted by Gasteiger charge is 2.21. The van der Waals surface area contributed by atoms with Crippen LogP contribution in [0.25, 0.3) is 0 Å². The summed E-state index contributed by atoms with van der Waals surface area (Å²) >= 11 is 5.87. The van der Waals surface area contributed by atoms with E-state index in [-0.39, 0.29) is 18.1 Å². The van der Waals surface area contributed by atoms with Gasteiger partial charge in [-0.2, -0.15) is 0 Å². The number of aliphatic hydroxyl groups is 1. The van der Waals surface area contributed by atoms with Crippen LogP contribution < -0.4 is 5.32 Å². The molecule has 0 spiro atoms. The number of hydrogen-bond donors (Lipinski definition) is 2. The third kappa shape index (κ3) is 3.24. The smallest absolute Gasteiger partial charge is 0.251 e. The maximum Gasteiger partial charge on any atom is 0.251 e. The lowest BCUT2D eigenvalue weighted by Crippen LogP contribution is -2.38. The van der Waals surface area contributed by atoms with Crippen molar-refractivity contribution in [1.29, 1.82) is 0 Å². The molecule has 2 N–H and O–H groups in total. The fourth-order valence-electron chi connectivity index (χ4n) is 2.37. The van der Waals surface area contributed by atoms with Gasteiger partial charge >= 0.3 is 0 Å². The predicted octanol–water partition coefficient (Wildman–Crippen LogP) is 2.68. The molecule has 0 unspecified atom stereocenters. The minimum Gasteiger partial charge on any atom is -0.393 e. The van der Waals surface area contributed by atoms with Crippen molar-refractivity contribution >= 4 is 17.5 Å². The molecule has 0 saturated heterocycles. The molecule has 0 aromatic heterocycles. The molecule has 1 aliphatic carbocycles. The Kier molecular flexibility index (Phi) is 4.25. The molecule has 98 valence electrons. The van der Waals surface area contributed by atoms with Crippen molar-refractivity contribution in [2.75, 3.05) is 0 Å². The number of carbonyl (C=O) groups excluding carboxylic acids is 1. The summed E-state index contributed by atoms with van der Waals surface area (Å²) in [4.78, 5) is 12.1. The Hall–Kier alpha value is -1.06. The van der Waals surface area contributed by atoms with Gasteiger partial charge in [0.2, 0.25) is 0 Å². The van der Waals surface area contributed by atoms with Crippen LogP contribution in [0, 0.1) is 6.92 Å². The quantitative estimate of drug-likeness (QED) is 0.866. The number of halogens is 1. The predicted molar refractivity (Wildman–Crippen MR) is 71.9 cm³/mol. The molecule has 1 aromatic rings. The first kappa shape index (κ1) is 13.4. The van der Waals surface area contributed by atoms with Crippen LogP contribution in [0.5, 0.6) is 0 Å². The summed E-state index contributed by atoms with van der Waals surface area (Å²) in [5.41, 5.74) is 1.56. The van der Waals surface area contributed by atoms with Gasteiger partial charge in [-0.05, 0) is 56.4 Å². The molecule has 1 fully saturated rings. The molecule has 1 saturated carbocycles.